The topological polar surface area (TPSA) is 97.2 Å². The Morgan fingerprint density at radius 1 is 1.33 bits per heavy atom. The summed E-state index contributed by atoms with van der Waals surface area (Å²) >= 11 is 0. The second-order valence-electron chi connectivity index (χ2n) is 5.17. The Labute approximate surface area is 135 Å². The molecule has 0 aliphatic heterocycles. The molecule has 0 aliphatic carbocycles. The van der Waals surface area contributed by atoms with Gasteiger partial charge in [0.1, 0.15) is 6.04 Å². The van der Waals surface area contributed by atoms with Crippen LogP contribution >= 0.6 is 0 Å². The molecule has 1 heterocycles. The summed E-state index contributed by atoms with van der Waals surface area (Å²) in [5, 5.41) is 2.80. The van der Waals surface area contributed by atoms with Crippen molar-refractivity contribution < 1.29 is 27.5 Å². The van der Waals surface area contributed by atoms with Gasteiger partial charge in [-0.1, -0.05) is 18.2 Å². The summed E-state index contributed by atoms with van der Waals surface area (Å²) in [6.45, 7) is 0. The van der Waals surface area contributed by atoms with Crippen molar-refractivity contribution in [1.82, 2.24) is 10.3 Å². The largest absolute Gasteiger partial charge is 0.467 e. The monoisotopic (exact) mass is 343 g/mol. The lowest BCUT2D eigenvalue weighted by Gasteiger charge is -2.20. The van der Waals surface area contributed by atoms with Crippen molar-refractivity contribution in [3.8, 4) is 0 Å². The number of methoxy groups -OCH3 is 1. The quantitative estimate of drug-likeness (QED) is 0.712. The predicted octanol–water partition coefficient (Wildman–Crippen LogP) is 1.26. The number of nitrogens with one attached hydrogen (secondary N) is 2. The van der Waals surface area contributed by atoms with Gasteiger partial charge in [0, 0.05) is 23.5 Å². The van der Waals surface area contributed by atoms with Gasteiger partial charge in [0.15, 0.2) is 6.04 Å². The molecule has 130 valence electrons. The summed E-state index contributed by atoms with van der Waals surface area (Å²) in [5.74, 6) is -2.35. The number of esters is 1. The Morgan fingerprint density at radius 2 is 2.00 bits per heavy atom. The van der Waals surface area contributed by atoms with Crippen LogP contribution in [0.25, 0.3) is 10.9 Å². The van der Waals surface area contributed by atoms with E-state index >= 15 is 0 Å². The summed E-state index contributed by atoms with van der Waals surface area (Å²) in [5.41, 5.74) is 6.31. The number of rotatable bonds is 5. The molecule has 0 fully saturated rings. The first kappa shape index (κ1) is 17.8. The number of halogens is 3. The van der Waals surface area contributed by atoms with Crippen LogP contribution in [0.3, 0.4) is 0 Å². The molecule has 0 radical (unpaired) electrons. The third-order valence-electron chi connectivity index (χ3n) is 3.54. The SMILES string of the molecule is COC(=O)[C@H](Cc1c[nH]c2ccccc12)NC(=O)C(N)C(F)(F)F. The van der Waals surface area contributed by atoms with Crippen molar-refractivity contribution in [1.29, 1.82) is 0 Å². The lowest BCUT2D eigenvalue weighted by molar-refractivity contribution is -0.165. The number of carbonyl (C=O) groups is 2. The van der Waals surface area contributed by atoms with E-state index in [2.05, 4.69) is 9.72 Å². The van der Waals surface area contributed by atoms with Gasteiger partial charge in [-0.15, -0.1) is 0 Å². The summed E-state index contributed by atoms with van der Waals surface area (Å²) in [4.78, 5) is 26.4. The van der Waals surface area contributed by atoms with Crippen molar-refractivity contribution in [2.75, 3.05) is 7.11 Å². The Balaban J connectivity index is 2.20. The van der Waals surface area contributed by atoms with E-state index in [4.69, 9.17) is 5.73 Å². The summed E-state index contributed by atoms with van der Waals surface area (Å²) in [6.07, 6.45) is -3.31. The maximum absolute atomic E-state index is 12.5. The van der Waals surface area contributed by atoms with Crippen LogP contribution in [0.1, 0.15) is 5.56 Å². The van der Waals surface area contributed by atoms with Gasteiger partial charge < -0.3 is 20.8 Å². The number of para-hydroxylation sites is 1. The normalized spacial score (nSPS) is 14.2. The third-order valence-corrected chi connectivity index (χ3v) is 3.54. The van der Waals surface area contributed by atoms with Crippen molar-refractivity contribution >= 4 is 22.8 Å². The van der Waals surface area contributed by atoms with Gasteiger partial charge in [-0.25, -0.2) is 4.79 Å². The molecule has 24 heavy (non-hydrogen) atoms. The van der Waals surface area contributed by atoms with Crippen LogP contribution < -0.4 is 11.1 Å². The fraction of sp³-hybridized carbons (Fsp3) is 0.333. The number of aromatic nitrogens is 1. The number of H-pyrrole nitrogens is 1. The molecule has 0 saturated carbocycles. The number of hydrogen-bond acceptors (Lipinski definition) is 4. The number of ether oxygens (including phenoxy) is 1. The first-order valence-electron chi connectivity index (χ1n) is 6.99. The fourth-order valence-corrected chi connectivity index (χ4v) is 2.27. The summed E-state index contributed by atoms with van der Waals surface area (Å²) in [7, 11) is 1.08. The standard InChI is InChI=1S/C15H16F3N3O3/c1-24-14(23)11(21-13(22)12(19)15(16,17)18)6-8-7-20-10-5-3-2-4-9(8)10/h2-5,7,11-12,20H,6,19H2,1H3,(H,21,22)/t11-,12?/m0/s1. The molecule has 1 aromatic heterocycles. The minimum atomic E-state index is -4.90. The highest BCUT2D eigenvalue weighted by molar-refractivity contribution is 5.89. The maximum Gasteiger partial charge on any atom is 0.412 e. The van der Waals surface area contributed by atoms with E-state index < -0.39 is 30.1 Å². The number of aromatic amines is 1. The molecule has 9 heteroatoms. The summed E-state index contributed by atoms with van der Waals surface area (Å²) in [6, 6.07) is 3.20. The van der Waals surface area contributed by atoms with Gasteiger partial charge in [0.2, 0.25) is 5.91 Å². The van der Waals surface area contributed by atoms with Gasteiger partial charge >= 0.3 is 12.1 Å². The van der Waals surface area contributed by atoms with Gasteiger partial charge in [-0.3, -0.25) is 4.79 Å². The molecule has 4 N–H and O–H groups in total. The zero-order valence-corrected chi connectivity index (χ0v) is 12.7. The molecule has 1 aromatic carbocycles. The van der Waals surface area contributed by atoms with Crippen molar-refractivity contribution in [2.45, 2.75) is 24.7 Å². The molecule has 2 rings (SSSR count). The minimum Gasteiger partial charge on any atom is -0.467 e. The van der Waals surface area contributed by atoms with E-state index in [1.807, 2.05) is 17.4 Å². The highest BCUT2D eigenvalue weighted by atomic mass is 19.4. The van der Waals surface area contributed by atoms with E-state index in [9.17, 15) is 22.8 Å². The second-order valence-corrected chi connectivity index (χ2v) is 5.17. The van der Waals surface area contributed by atoms with E-state index in [1.54, 1.807) is 18.3 Å². The van der Waals surface area contributed by atoms with Gasteiger partial charge in [-0.2, -0.15) is 13.2 Å². The number of nitrogens with two attached hydrogens (primary N) is 1. The van der Waals surface area contributed by atoms with Crippen LogP contribution in [0.4, 0.5) is 13.2 Å². The molecular weight excluding hydrogens is 327 g/mol. The lowest BCUT2D eigenvalue weighted by atomic mass is 10.0. The molecule has 6 nitrogen and oxygen atoms in total. The molecule has 2 atom stereocenters. The number of carbonyl (C=O) groups excluding carboxylic acids is 2. The molecule has 0 aliphatic rings. The molecule has 0 spiro atoms. The van der Waals surface area contributed by atoms with Gasteiger partial charge in [-0.05, 0) is 11.6 Å². The zero-order valence-electron chi connectivity index (χ0n) is 12.7. The Hall–Kier alpha value is -2.55. The van der Waals surface area contributed by atoms with Gasteiger partial charge in [0.25, 0.3) is 0 Å². The average molecular weight is 343 g/mol. The average Bonchev–Trinajstić information content (AvgIpc) is 2.95. The molecule has 0 saturated heterocycles. The van der Waals surface area contributed by atoms with Crippen LogP contribution in [0.5, 0.6) is 0 Å². The molecule has 1 amide bonds. The fourth-order valence-electron chi connectivity index (χ4n) is 2.27. The number of alkyl halides is 3. The number of fused-ring (bicyclic) bond motifs is 1. The second kappa shape index (κ2) is 6.91. The molecule has 2 aromatic rings. The van der Waals surface area contributed by atoms with E-state index in [-0.39, 0.29) is 6.42 Å². The lowest BCUT2D eigenvalue weighted by Crippen LogP contribution is -2.55. The molecular formula is C15H16F3N3O3. The Morgan fingerprint density at radius 3 is 2.62 bits per heavy atom. The molecule has 0 bridgehead atoms. The maximum atomic E-state index is 12.5. The van der Waals surface area contributed by atoms with Crippen molar-refractivity contribution in [2.24, 2.45) is 5.73 Å². The van der Waals surface area contributed by atoms with Crippen LogP contribution in [0.2, 0.25) is 0 Å². The van der Waals surface area contributed by atoms with Crippen LogP contribution in [0.15, 0.2) is 30.5 Å². The predicted molar refractivity (Wildman–Crippen MR) is 80.0 cm³/mol. The smallest absolute Gasteiger partial charge is 0.412 e. The van der Waals surface area contributed by atoms with E-state index in [0.29, 0.717) is 5.56 Å². The van der Waals surface area contributed by atoms with Crippen molar-refractivity contribution in [3.05, 3.63) is 36.0 Å². The van der Waals surface area contributed by atoms with Crippen LogP contribution in [0, 0.1) is 0 Å². The Kier molecular flexibility index (Phi) is 5.13. The Bertz CT molecular complexity index is 742. The first-order valence-corrected chi connectivity index (χ1v) is 6.99. The number of amides is 1. The van der Waals surface area contributed by atoms with Gasteiger partial charge in [0.05, 0.1) is 7.11 Å². The highest BCUT2D eigenvalue weighted by Crippen LogP contribution is 2.21. The van der Waals surface area contributed by atoms with Crippen LogP contribution in [-0.2, 0) is 20.7 Å². The number of benzene rings is 1. The third kappa shape index (κ3) is 3.85. The zero-order chi connectivity index (χ0) is 17.9. The minimum absolute atomic E-state index is 0.0347. The van der Waals surface area contributed by atoms with Crippen molar-refractivity contribution in [3.63, 3.8) is 0 Å². The summed E-state index contributed by atoms with van der Waals surface area (Å²) < 4.78 is 42.1. The highest BCUT2D eigenvalue weighted by Gasteiger charge is 2.43. The molecule has 1 unspecified atom stereocenters. The van der Waals surface area contributed by atoms with E-state index in [0.717, 1.165) is 18.0 Å². The van der Waals surface area contributed by atoms with E-state index in [1.165, 1.54) is 0 Å². The number of hydrogen-bond donors (Lipinski definition) is 3. The van der Waals surface area contributed by atoms with Crippen LogP contribution in [-0.4, -0.2) is 42.2 Å². The first-order chi connectivity index (χ1) is 11.2.